The molecule has 1 amide bonds. The highest BCUT2D eigenvalue weighted by atomic mass is 32.1. The molecule has 4 aliphatic rings. The fourth-order valence-corrected chi connectivity index (χ4v) is 6.85. The molecule has 0 aliphatic heterocycles. The lowest BCUT2D eigenvalue weighted by Crippen LogP contribution is -2.57. The molecule has 1 aromatic rings. The first kappa shape index (κ1) is 20.6. The number of nitrogens with one attached hydrogen (secondary N) is 1. The van der Waals surface area contributed by atoms with Gasteiger partial charge in [-0.2, -0.15) is 0 Å². The summed E-state index contributed by atoms with van der Waals surface area (Å²) in [6, 6.07) is 2.92. The molecule has 1 aromatic heterocycles. The molecule has 0 saturated heterocycles. The van der Waals surface area contributed by atoms with Gasteiger partial charge in [0.05, 0.1) is 4.88 Å². The number of esters is 1. The maximum atomic E-state index is 13.3. The molecule has 0 unspecified atom stereocenters. The first-order valence-electron chi connectivity index (χ1n) is 10.8. The number of amides is 1. The lowest BCUT2D eigenvalue weighted by molar-refractivity contribution is -0.154. The molecule has 4 saturated carbocycles. The minimum atomic E-state index is -0.714. The fourth-order valence-electron chi connectivity index (χ4n) is 6.06. The SMILES string of the molecule is Cc1ccc(C(=O)COC(=O)[C@@H](NC(=O)C23CC4CC(CC(C4)C2)C3)C(C)C)s1. The van der Waals surface area contributed by atoms with Gasteiger partial charge in [0.15, 0.2) is 6.61 Å². The Labute approximate surface area is 176 Å². The van der Waals surface area contributed by atoms with Crippen molar-refractivity contribution in [2.45, 2.75) is 65.3 Å². The third kappa shape index (κ3) is 4.14. The highest BCUT2D eigenvalue weighted by molar-refractivity contribution is 7.14. The van der Waals surface area contributed by atoms with Crippen LogP contribution in [0.3, 0.4) is 0 Å². The lowest BCUT2D eigenvalue weighted by atomic mass is 9.49. The molecular formula is C23H31NO4S. The molecule has 0 spiro atoms. The smallest absolute Gasteiger partial charge is 0.329 e. The largest absolute Gasteiger partial charge is 0.456 e. The molecule has 4 aliphatic carbocycles. The van der Waals surface area contributed by atoms with Gasteiger partial charge in [0, 0.05) is 10.3 Å². The van der Waals surface area contributed by atoms with Crippen LogP contribution >= 0.6 is 11.3 Å². The van der Waals surface area contributed by atoms with E-state index < -0.39 is 12.0 Å². The van der Waals surface area contributed by atoms with Gasteiger partial charge < -0.3 is 10.1 Å². The van der Waals surface area contributed by atoms with Crippen LogP contribution in [0.5, 0.6) is 0 Å². The van der Waals surface area contributed by atoms with E-state index in [4.69, 9.17) is 4.74 Å². The number of ether oxygens (including phenoxy) is 1. The maximum absolute atomic E-state index is 13.3. The first-order valence-corrected chi connectivity index (χ1v) is 11.6. The summed E-state index contributed by atoms with van der Waals surface area (Å²) in [5.74, 6) is 1.22. The van der Waals surface area contributed by atoms with Gasteiger partial charge >= 0.3 is 5.97 Å². The average molecular weight is 418 g/mol. The van der Waals surface area contributed by atoms with E-state index >= 15 is 0 Å². The van der Waals surface area contributed by atoms with Crippen LogP contribution in [0.15, 0.2) is 12.1 Å². The normalized spacial score (nSPS) is 31.0. The first-order chi connectivity index (χ1) is 13.8. The van der Waals surface area contributed by atoms with E-state index in [0.29, 0.717) is 22.6 Å². The van der Waals surface area contributed by atoms with E-state index in [1.807, 2.05) is 26.8 Å². The van der Waals surface area contributed by atoms with Gasteiger partial charge in [-0.15, -0.1) is 11.3 Å². The van der Waals surface area contributed by atoms with Crippen molar-refractivity contribution < 1.29 is 19.1 Å². The molecule has 5 nitrogen and oxygen atoms in total. The van der Waals surface area contributed by atoms with Gasteiger partial charge in [0.1, 0.15) is 6.04 Å². The summed E-state index contributed by atoms with van der Waals surface area (Å²) < 4.78 is 5.31. The summed E-state index contributed by atoms with van der Waals surface area (Å²) in [5, 5.41) is 3.02. The summed E-state index contributed by atoms with van der Waals surface area (Å²) in [6.45, 7) is 5.45. The summed E-state index contributed by atoms with van der Waals surface area (Å²) in [4.78, 5) is 39.9. The molecular weight excluding hydrogens is 386 g/mol. The fraction of sp³-hybridized carbons (Fsp3) is 0.696. The highest BCUT2D eigenvalue weighted by Gasteiger charge is 2.55. The number of aryl methyl sites for hydroxylation is 1. The number of Topliss-reactive ketones (excluding diaryl/α,β-unsaturated/α-hetero) is 1. The molecule has 4 fully saturated rings. The van der Waals surface area contributed by atoms with Crippen LogP contribution in [-0.4, -0.2) is 30.3 Å². The van der Waals surface area contributed by atoms with Gasteiger partial charge in [-0.25, -0.2) is 4.79 Å². The van der Waals surface area contributed by atoms with Gasteiger partial charge in [-0.1, -0.05) is 13.8 Å². The summed E-state index contributed by atoms with van der Waals surface area (Å²) in [5.41, 5.74) is -0.299. The third-order valence-electron chi connectivity index (χ3n) is 7.09. The quantitative estimate of drug-likeness (QED) is 0.535. The van der Waals surface area contributed by atoms with Crippen molar-refractivity contribution in [1.82, 2.24) is 5.32 Å². The average Bonchev–Trinajstić information content (AvgIpc) is 3.08. The second kappa shape index (κ2) is 7.86. The zero-order valence-corrected chi connectivity index (χ0v) is 18.3. The van der Waals surface area contributed by atoms with Crippen LogP contribution in [0.25, 0.3) is 0 Å². The molecule has 1 N–H and O–H groups in total. The standard InChI is InChI=1S/C23H31NO4S/c1-13(2)20(21(26)28-12-18(25)19-5-4-14(3)29-19)24-22(27)23-9-15-6-16(10-23)8-17(7-15)11-23/h4-5,13,15-17,20H,6-12H2,1-3H3,(H,24,27)/t15?,16?,17?,20-,23?/m0/s1. The Morgan fingerprint density at radius 3 is 2.17 bits per heavy atom. The molecule has 5 rings (SSSR count). The number of hydrogen-bond donors (Lipinski definition) is 1. The van der Waals surface area contributed by atoms with Crippen LogP contribution in [0.4, 0.5) is 0 Å². The Bertz CT molecular complexity index is 776. The van der Waals surface area contributed by atoms with Gasteiger partial charge in [0.2, 0.25) is 11.7 Å². The van der Waals surface area contributed by atoms with Crippen LogP contribution < -0.4 is 5.32 Å². The van der Waals surface area contributed by atoms with Gasteiger partial charge in [0.25, 0.3) is 0 Å². The van der Waals surface area contributed by atoms with Crippen molar-refractivity contribution in [2.24, 2.45) is 29.1 Å². The maximum Gasteiger partial charge on any atom is 0.329 e. The molecule has 158 valence electrons. The number of rotatable bonds is 7. The molecule has 1 heterocycles. The van der Waals surface area contributed by atoms with Crippen LogP contribution in [0.2, 0.25) is 0 Å². The second-order valence-electron chi connectivity index (χ2n) is 9.83. The molecule has 0 aromatic carbocycles. The molecule has 4 bridgehead atoms. The van der Waals surface area contributed by atoms with Crippen molar-refractivity contribution in [1.29, 1.82) is 0 Å². The minimum Gasteiger partial charge on any atom is -0.456 e. The zero-order valence-electron chi connectivity index (χ0n) is 17.5. The molecule has 0 radical (unpaired) electrons. The van der Waals surface area contributed by atoms with E-state index in [1.54, 1.807) is 6.07 Å². The van der Waals surface area contributed by atoms with Crippen LogP contribution in [0.1, 0.15) is 66.9 Å². The molecule has 1 atom stereocenters. The number of carbonyl (C=O) groups is 3. The number of hydrogen-bond acceptors (Lipinski definition) is 5. The topological polar surface area (TPSA) is 72.5 Å². The van der Waals surface area contributed by atoms with Crippen LogP contribution in [0, 0.1) is 36.0 Å². The van der Waals surface area contributed by atoms with E-state index in [-0.39, 0.29) is 29.6 Å². The van der Waals surface area contributed by atoms with Crippen LogP contribution in [-0.2, 0) is 14.3 Å². The third-order valence-corrected chi connectivity index (χ3v) is 8.13. The number of carbonyl (C=O) groups excluding carboxylic acids is 3. The Hall–Kier alpha value is -1.69. The molecule has 6 heteroatoms. The predicted molar refractivity (Wildman–Crippen MR) is 112 cm³/mol. The van der Waals surface area contributed by atoms with E-state index in [1.165, 1.54) is 30.6 Å². The second-order valence-corrected chi connectivity index (χ2v) is 11.1. The Morgan fingerprint density at radius 2 is 1.69 bits per heavy atom. The Balaban J connectivity index is 1.38. The Morgan fingerprint density at radius 1 is 1.10 bits per heavy atom. The molecule has 29 heavy (non-hydrogen) atoms. The lowest BCUT2D eigenvalue weighted by Gasteiger charge is -2.55. The van der Waals surface area contributed by atoms with Gasteiger partial charge in [-0.05, 0) is 81.3 Å². The van der Waals surface area contributed by atoms with Gasteiger partial charge in [-0.3, -0.25) is 9.59 Å². The zero-order chi connectivity index (χ0) is 20.8. The highest BCUT2D eigenvalue weighted by Crippen LogP contribution is 2.60. The minimum absolute atomic E-state index is 0.0208. The summed E-state index contributed by atoms with van der Waals surface area (Å²) in [6.07, 6.45) is 6.69. The van der Waals surface area contributed by atoms with E-state index in [9.17, 15) is 14.4 Å². The van der Waals surface area contributed by atoms with Crippen molar-refractivity contribution in [3.63, 3.8) is 0 Å². The van der Waals surface area contributed by atoms with Crippen molar-refractivity contribution in [2.75, 3.05) is 6.61 Å². The van der Waals surface area contributed by atoms with E-state index in [2.05, 4.69) is 5.32 Å². The van der Waals surface area contributed by atoms with E-state index in [0.717, 1.165) is 24.1 Å². The van der Waals surface area contributed by atoms with Crippen molar-refractivity contribution in [3.8, 4) is 0 Å². The van der Waals surface area contributed by atoms with Crippen molar-refractivity contribution in [3.05, 3.63) is 21.9 Å². The number of thiophene rings is 1. The monoisotopic (exact) mass is 417 g/mol. The predicted octanol–water partition coefficient (Wildman–Crippen LogP) is 4.14. The number of ketones is 1. The Kier molecular flexibility index (Phi) is 5.58. The summed E-state index contributed by atoms with van der Waals surface area (Å²) >= 11 is 1.39. The summed E-state index contributed by atoms with van der Waals surface area (Å²) in [7, 11) is 0. The van der Waals surface area contributed by atoms with Crippen molar-refractivity contribution >= 4 is 29.0 Å².